The van der Waals surface area contributed by atoms with E-state index in [9.17, 15) is 14.7 Å². The molecule has 1 unspecified atom stereocenters. The van der Waals surface area contributed by atoms with Crippen molar-refractivity contribution >= 4 is 35.0 Å². The summed E-state index contributed by atoms with van der Waals surface area (Å²) in [5.74, 6) is -1.23. The van der Waals surface area contributed by atoms with Crippen LogP contribution in [-0.4, -0.2) is 21.9 Å². The molecule has 0 saturated carbocycles. The zero-order valence-corrected chi connectivity index (χ0v) is 22.8. The predicted molar refractivity (Wildman–Crippen MR) is 151 cm³/mol. The number of hydrogen-bond donors (Lipinski definition) is 2. The average Bonchev–Trinajstić information content (AvgIpc) is 2.89. The summed E-state index contributed by atoms with van der Waals surface area (Å²) in [6.45, 7) is 5.11. The number of nitrogens with zero attached hydrogens (tertiary/aromatic N) is 1. The molecule has 194 valence electrons. The lowest BCUT2D eigenvalue weighted by atomic mass is 9.84. The maximum Gasteiger partial charge on any atom is 0.279 e. The number of aliphatic hydroxyl groups is 1. The number of halogens is 2. The molecule has 4 aromatic carbocycles. The van der Waals surface area contributed by atoms with E-state index in [1.807, 2.05) is 56.3 Å². The number of nitrogens with one attached hydrogen (secondary N) is 1. The Kier molecular flexibility index (Phi) is 8.22. The van der Waals surface area contributed by atoms with Crippen molar-refractivity contribution in [1.29, 1.82) is 0 Å². The van der Waals surface area contributed by atoms with Crippen molar-refractivity contribution in [1.82, 2.24) is 10.4 Å². The van der Waals surface area contributed by atoms with E-state index in [0.29, 0.717) is 32.3 Å². The second-order valence-corrected chi connectivity index (χ2v) is 10.1. The third-order valence-electron chi connectivity index (χ3n) is 6.39. The molecule has 0 fully saturated rings. The molecule has 0 aliphatic heterocycles. The highest BCUT2D eigenvalue weighted by atomic mass is 35.5. The Morgan fingerprint density at radius 2 is 1.39 bits per heavy atom. The number of hydrazine groups is 1. The zero-order chi connectivity index (χ0) is 27.4. The van der Waals surface area contributed by atoms with Crippen molar-refractivity contribution in [3.05, 3.63) is 140 Å². The second-order valence-electron chi connectivity index (χ2n) is 9.26. The lowest BCUT2D eigenvalue weighted by Gasteiger charge is -2.36. The highest BCUT2D eigenvalue weighted by Gasteiger charge is 2.42. The van der Waals surface area contributed by atoms with Crippen LogP contribution in [-0.2, 0) is 15.2 Å². The number of amides is 2. The summed E-state index contributed by atoms with van der Waals surface area (Å²) in [7, 11) is 0. The summed E-state index contributed by atoms with van der Waals surface area (Å²) in [5.41, 5.74) is 4.43. The molecule has 0 aliphatic rings. The first kappa shape index (κ1) is 27.4. The van der Waals surface area contributed by atoms with Crippen LogP contribution in [0.1, 0.15) is 46.3 Å². The largest absolute Gasteiger partial charge is 0.372 e. The summed E-state index contributed by atoms with van der Waals surface area (Å²) < 4.78 is 0. The second kappa shape index (κ2) is 11.4. The molecule has 38 heavy (non-hydrogen) atoms. The molecule has 7 heteroatoms. The van der Waals surface area contributed by atoms with E-state index in [2.05, 4.69) is 5.43 Å². The van der Waals surface area contributed by atoms with Gasteiger partial charge in [0.2, 0.25) is 5.91 Å². The van der Waals surface area contributed by atoms with Gasteiger partial charge < -0.3 is 5.11 Å². The fraction of sp³-hybridized carbons (Fsp3) is 0.161. The van der Waals surface area contributed by atoms with Crippen molar-refractivity contribution in [3.8, 4) is 0 Å². The number of hydrogen-bond acceptors (Lipinski definition) is 3. The first-order valence-electron chi connectivity index (χ1n) is 12.1. The Bertz CT molecular complexity index is 1430. The normalized spacial score (nSPS) is 12.1. The van der Waals surface area contributed by atoms with Crippen LogP contribution in [0, 0.1) is 13.8 Å². The van der Waals surface area contributed by atoms with Crippen LogP contribution in [0.3, 0.4) is 0 Å². The molecule has 2 amide bonds. The van der Waals surface area contributed by atoms with Crippen LogP contribution in [0.25, 0.3) is 0 Å². The van der Waals surface area contributed by atoms with Gasteiger partial charge in [-0.1, -0.05) is 119 Å². The third kappa shape index (κ3) is 5.60. The lowest BCUT2D eigenvalue weighted by Crippen LogP contribution is -2.55. The van der Waals surface area contributed by atoms with Gasteiger partial charge in [0.15, 0.2) is 5.60 Å². The van der Waals surface area contributed by atoms with E-state index in [-0.39, 0.29) is 0 Å². The number of carbonyl (C=O) groups excluding carboxylic acids is 2. The van der Waals surface area contributed by atoms with Gasteiger partial charge in [-0.3, -0.25) is 15.0 Å². The molecule has 0 aliphatic carbocycles. The van der Waals surface area contributed by atoms with Gasteiger partial charge in [-0.05, 0) is 48.2 Å². The molecular weight excluding hydrogens is 519 g/mol. The Morgan fingerprint density at radius 1 is 0.816 bits per heavy atom. The molecule has 0 radical (unpaired) electrons. The van der Waals surface area contributed by atoms with E-state index in [1.165, 1.54) is 11.9 Å². The molecule has 0 heterocycles. The smallest absolute Gasteiger partial charge is 0.279 e. The van der Waals surface area contributed by atoms with Crippen LogP contribution in [0.4, 0.5) is 0 Å². The topological polar surface area (TPSA) is 69.6 Å². The van der Waals surface area contributed by atoms with Crippen molar-refractivity contribution < 1.29 is 14.7 Å². The van der Waals surface area contributed by atoms with Gasteiger partial charge in [0.05, 0.1) is 0 Å². The first-order chi connectivity index (χ1) is 18.1. The Hall–Kier alpha value is -3.64. The van der Waals surface area contributed by atoms with Gasteiger partial charge >= 0.3 is 0 Å². The number of benzene rings is 4. The van der Waals surface area contributed by atoms with Crippen molar-refractivity contribution in [2.45, 2.75) is 32.4 Å². The molecule has 0 saturated heterocycles. The Labute approximate surface area is 232 Å². The Morgan fingerprint density at radius 3 is 1.89 bits per heavy atom. The van der Waals surface area contributed by atoms with Gasteiger partial charge in [0, 0.05) is 17.0 Å². The lowest BCUT2D eigenvalue weighted by molar-refractivity contribution is -0.150. The van der Waals surface area contributed by atoms with Crippen LogP contribution in [0.5, 0.6) is 0 Å². The van der Waals surface area contributed by atoms with Crippen LogP contribution >= 0.6 is 23.2 Å². The number of carbonyl (C=O) groups is 2. The van der Waals surface area contributed by atoms with Crippen molar-refractivity contribution in [3.63, 3.8) is 0 Å². The fourth-order valence-electron chi connectivity index (χ4n) is 4.51. The molecule has 4 rings (SSSR count). The van der Waals surface area contributed by atoms with Crippen LogP contribution in [0.15, 0.2) is 97.1 Å². The standard InChI is InChI=1S/C31H28Cl2N2O3/c1-20-9-7-13-24(17-20)31(38,25-14-8-10-21(2)18-25)30(37)34-35(22(3)36)29(23-11-5-4-6-12-23)27-16-15-26(32)19-28(27)33/h4-19,29,38H,1-3H3,(H,34,37). The highest BCUT2D eigenvalue weighted by Crippen LogP contribution is 2.36. The van der Waals surface area contributed by atoms with E-state index >= 15 is 0 Å². The van der Waals surface area contributed by atoms with Gasteiger partial charge in [-0.2, -0.15) is 0 Å². The molecule has 2 N–H and O–H groups in total. The van der Waals surface area contributed by atoms with E-state index < -0.39 is 23.5 Å². The quantitative estimate of drug-likeness (QED) is 0.270. The minimum atomic E-state index is -2.09. The van der Waals surface area contributed by atoms with Crippen LogP contribution in [0.2, 0.25) is 10.0 Å². The molecular formula is C31H28Cl2N2O3. The summed E-state index contributed by atoms with van der Waals surface area (Å²) >= 11 is 12.7. The SMILES string of the molecule is CC(=O)N(NC(=O)C(O)(c1cccc(C)c1)c1cccc(C)c1)C(c1ccccc1)c1ccc(Cl)cc1Cl. The van der Waals surface area contributed by atoms with E-state index in [4.69, 9.17) is 23.2 Å². The molecule has 0 bridgehead atoms. The van der Waals surface area contributed by atoms with Crippen LogP contribution < -0.4 is 5.43 Å². The summed E-state index contributed by atoms with van der Waals surface area (Å²) in [6.07, 6.45) is 0. The Balaban J connectivity index is 1.85. The summed E-state index contributed by atoms with van der Waals surface area (Å²) in [6, 6.07) is 27.6. The molecule has 1 atom stereocenters. The fourth-order valence-corrected chi connectivity index (χ4v) is 5.02. The third-order valence-corrected chi connectivity index (χ3v) is 6.95. The maximum atomic E-state index is 14.1. The maximum absolute atomic E-state index is 14.1. The zero-order valence-electron chi connectivity index (χ0n) is 21.3. The first-order valence-corrected chi connectivity index (χ1v) is 12.8. The van der Waals surface area contributed by atoms with Gasteiger partial charge in [-0.15, -0.1) is 0 Å². The predicted octanol–water partition coefficient (Wildman–Crippen LogP) is 6.52. The summed E-state index contributed by atoms with van der Waals surface area (Å²) in [4.78, 5) is 27.2. The molecule has 0 aromatic heterocycles. The minimum Gasteiger partial charge on any atom is -0.372 e. The number of rotatable bonds is 6. The van der Waals surface area contributed by atoms with Gasteiger partial charge in [0.25, 0.3) is 5.91 Å². The van der Waals surface area contributed by atoms with Gasteiger partial charge in [0.1, 0.15) is 6.04 Å². The van der Waals surface area contributed by atoms with E-state index in [0.717, 1.165) is 11.1 Å². The van der Waals surface area contributed by atoms with E-state index in [1.54, 1.807) is 54.6 Å². The van der Waals surface area contributed by atoms with Crippen molar-refractivity contribution in [2.24, 2.45) is 0 Å². The molecule has 0 spiro atoms. The van der Waals surface area contributed by atoms with Crippen molar-refractivity contribution in [2.75, 3.05) is 0 Å². The molecule has 5 nitrogen and oxygen atoms in total. The average molecular weight is 547 g/mol. The van der Waals surface area contributed by atoms with Gasteiger partial charge in [-0.25, -0.2) is 5.01 Å². The summed E-state index contributed by atoms with van der Waals surface area (Å²) in [5, 5.41) is 14.1. The minimum absolute atomic E-state index is 0.333. The number of aryl methyl sites for hydroxylation is 2. The highest BCUT2D eigenvalue weighted by molar-refractivity contribution is 6.35. The molecule has 4 aromatic rings. The monoisotopic (exact) mass is 546 g/mol.